The van der Waals surface area contributed by atoms with Gasteiger partial charge >= 0.3 is 5.97 Å². The number of rotatable bonds is 21. The van der Waals surface area contributed by atoms with E-state index in [0.717, 1.165) is 42.4 Å². The van der Waals surface area contributed by atoms with Gasteiger partial charge in [-0.05, 0) is 55.2 Å². The fraction of sp³-hybridized carbons (Fsp3) is 0.794. The quantitative estimate of drug-likeness (QED) is 0.131. The molecule has 1 aliphatic carbocycles. The zero-order valence-corrected chi connectivity index (χ0v) is 24.5. The van der Waals surface area contributed by atoms with Crippen molar-refractivity contribution in [2.75, 3.05) is 6.61 Å². The molecule has 1 aliphatic rings. The minimum Gasteiger partial charge on any atom is -0.507 e. The second kappa shape index (κ2) is 20.5. The van der Waals surface area contributed by atoms with Crippen LogP contribution in [0.3, 0.4) is 0 Å². The molecule has 0 amide bonds. The van der Waals surface area contributed by atoms with E-state index in [0.29, 0.717) is 31.1 Å². The number of hydrogen-bond donors (Lipinski definition) is 1. The molecule has 0 heterocycles. The number of aromatic hydroxyl groups is 1. The molecule has 212 valence electrons. The number of unbranched alkanes of at least 4 members (excludes halogenated alkanes) is 15. The summed E-state index contributed by atoms with van der Waals surface area (Å²) in [6.45, 7) is 4.81. The van der Waals surface area contributed by atoms with Crippen LogP contribution < -0.4 is 0 Å². The first-order valence-corrected chi connectivity index (χ1v) is 16.1. The number of hydrogen-bond acceptors (Lipinski definition) is 3. The van der Waals surface area contributed by atoms with Gasteiger partial charge in [0.15, 0.2) is 0 Å². The van der Waals surface area contributed by atoms with Crippen LogP contribution in [-0.4, -0.2) is 17.7 Å². The maximum absolute atomic E-state index is 12.2. The number of carbonyl (C=O) groups is 1. The molecule has 0 saturated heterocycles. The normalized spacial score (nSPS) is 14.2. The number of ether oxygens (including phenoxy) is 1. The van der Waals surface area contributed by atoms with Crippen LogP contribution >= 0.6 is 0 Å². The molecule has 0 atom stereocenters. The van der Waals surface area contributed by atoms with Gasteiger partial charge in [0.1, 0.15) is 5.75 Å². The van der Waals surface area contributed by atoms with Gasteiger partial charge in [-0.1, -0.05) is 135 Å². The lowest BCUT2D eigenvalue weighted by Crippen LogP contribution is -2.09. The molecule has 0 aliphatic heterocycles. The summed E-state index contributed by atoms with van der Waals surface area (Å²) in [5, 5.41) is 10.6. The molecule has 0 aromatic heterocycles. The van der Waals surface area contributed by atoms with Crippen molar-refractivity contribution in [1.29, 1.82) is 0 Å². The van der Waals surface area contributed by atoms with Gasteiger partial charge in [-0.25, -0.2) is 0 Å². The third kappa shape index (κ3) is 14.3. The minimum atomic E-state index is -0.0918. The van der Waals surface area contributed by atoms with Gasteiger partial charge < -0.3 is 9.84 Å². The van der Waals surface area contributed by atoms with Gasteiger partial charge in [0.25, 0.3) is 0 Å². The van der Waals surface area contributed by atoms with Gasteiger partial charge in [0.2, 0.25) is 0 Å². The number of phenolic OH excluding ortho intramolecular Hbond substituents is 1. The lowest BCUT2D eigenvalue weighted by molar-refractivity contribution is -0.143. The highest BCUT2D eigenvalue weighted by Gasteiger charge is 2.20. The molecule has 1 saturated carbocycles. The van der Waals surface area contributed by atoms with Crippen LogP contribution in [0, 0.1) is 6.92 Å². The highest BCUT2D eigenvalue weighted by atomic mass is 16.5. The zero-order valence-electron chi connectivity index (χ0n) is 24.5. The second-order valence-electron chi connectivity index (χ2n) is 11.7. The van der Waals surface area contributed by atoms with Gasteiger partial charge in [-0.15, -0.1) is 0 Å². The summed E-state index contributed by atoms with van der Waals surface area (Å²) in [5.41, 5.74) is 3.17. The van der Waals surface area contributed by atoms with Crippen molar-refractivity contribution in [3.8, 4) is 5.75 Å². The lowest BCUT2D eigenvalue weighted by atomic mass is 9.82. The van der Waals surface area contributed by atoms with Crippen molar-refractivity contribution in [1.82, 2.24) is 0 Å². The maximum Gasteiger partial charge on any atom is 0.306 e. The average Bonchev–Trinajstić information content (AvgIpc) is 2.91. The largest absolute Gasteiger partial charge is 0.507 e. The Kier molecular flexibility index (Phi) is 17.5. The smallest absolute Gasteiger partial charge is 0.306 e. The summed E-state index contributed by atoms with van der Waals surface area (Å²) in [6.07, 6.45) is 28.9. The fourth-order valence-electron chi connectivity index (χ4n) is 5.91. The van der Waals surface area contributed by atoms with Gasteiger partial charge in [-0.2, -0.15) is 0 Å². The molecule has 1 N–H and O–H groups in total. The van der Waals surface area contributed by atoms with E-state index in [1.807, 2.05) is 13.0 Å². The summed E-state index contributed by atoms with van der Waals surface area (Å²) in [5.74, 6) is 0.835. The van der Waals surface area contributed by atoms with Gasteiger partial charge in [-0.3, -0.25) is 4.79 Å². The van der Waals surface area contributed by atoms with E-state index in [1.54, 1.807) is 0 Å². The summed E-state index contributed by atoms with van der Waals surface area (Å²) >= 11 is 0. The van der Waals surface area contributed by atoms with Crippen molar-refractivity contribution in [2.24, 2.45) is 0 Å². The topological polar surface area (TPSA) is 46.5 Å². The highest BCUT2D eigenvalue weighted by molar-refractivity contribution is 5.69. The van der Waals surface area contributed by atoms with E-state index >= 15 is 0 Å². The molecule has 2 rings (SSSR count). The molecular weight excluding hydrogens is 456 g/mol. The van der Waals surface area contributed by atoms with Crippen molar-refractivity contribution in [2.45, 2.75) is 167 Å². The SMILES string of the molecule is CCCCCCCCCCCCCCCCCCOC(=O)CCc1cc(C)c(O)c(C2CCCCC2)c1. The number of benzene rings is 1. The zero-order chi connectivity index (χ0) is 26.6. The molecule has 0 bridgehead atoms. The van der Waals surface area contributed by atoms with Crippen LogP contribution in [0.4, 0.5) is 0 Å². The Balaban J connectivity index is 1.43. The summed E-state index contributed by atoms with van der Waals surface area (Å²) in [6, 6.07) is 4.17. The summed E-state index contributed by atoms with van der Waals surface area (Å²) < 4.78 is 5.50. The Labute approximate surface area is 229 Å². The molecule has 0 spiro atoms. The predicted octanol–water partition coefficient (Wildman–Crippen LogP) is 10.5. The Morgan fingerprint density at radius 1 is 0.784 bits per heavy atom. The first-order chi connectivity index (χ1) is 18.1. The van der Waals surface area contributed by atoms with E-state index in [4.69, 9.17) is 4.74 Å². The number of esters is 1. The molecule has 0 radical (unpaired) electrons. The number of aryl methyl sites for hydroxylation is 2. The monoisotopic (exact) mass is 514 g/mol. The lowest BCUT2D eigenvalue weighted by Gasteiger charge is -2.24. The highest BCUT2D eigenvalue weighted by Crippen LogP contribution is 2.39. The number of phenols is 1. The average molecular weight is 515 g/mol. The van der Waals surface area contributed by atoms with E-state index in [2.05, 4.69) is 13.0 Å². The van der Waals surface area contributed by atoms with Crippen LogP contribution in [0.15, 0.2) is 12.1 Å². The predicted molar refractivity (Wildman–Crippen MR) is 157 cm³/mol. The molecule has 1 fully saturated rings. The molecular formula is C34H58O3. The third-order valence-corrected chi connectivity index (χ3v) is 8.31. The first-order valence-electron chi connectivity index (χ1n) is 16.1. The van der Waals surface area contributed by atoms with Crippen LogP contribution in [-0.2, 0) is 16.0 Å². The van der Waals surface area contributed by atoms with Crippen molar-refractivity contribution >= 4 is 5.97 Å². The second-order valence-corrected chi connectivity index (χ2v) is 11.7. The number of carbonyl (C=O) groups excluding carboxylic acids is 1. The van der Waals surface area contributed by atoms with Crippen LogP contribution in [0.2, 0.25) is 0 Å². The minimum absolute atomic E-state index is 0.0918. The van der Waals surface area contributed by atoms with E-state index in [1.165, 1.54) is 109 Å². The molecule has 1 aromatic rings. The van der Waals surface area contributed by atoms with Crippen LogP contribution in [0.1, 0.15) is 171 Å². The summed E-state index contributed by atoms with van der Waals surface area (Å²) in [7, 11) is 0. The molecule has 3 nitrogen and oxygen atoms in total. The Morgan fingerprint density at radius 3 is 1.84 bits per heavy atom. The third-order valence-electron chi connectivity index (χ3n) is 8.31. The van der Waals surface area contributed by atoms with Crippen molar-refractivity contribution in [3.63, 3.8) is 0 Å². The van der Waals surface area contributed by atoms with Crippen molar-refractivity contribution in [3.05, 3.63) is 28.8 Å². The van der Waals surface area contributed by atoms with Crippen LogP contribution in [0.5, 0.6) is 5.75 Å². The van der Waals surface area contributed by atoms with Crippen LogP contribution in [0.25, 0.3) is 0 Å². The molecule has 3 heteroatoms. The standard InChI is InChI=1S/C34H58O3/c1-3-4-5-6-7-8-9-10-11-12-13-14-15-16-17-21-26-37-33(35)25-24-30-27-29(2)34(36)32(28-30)31-22-19-18-20-23-31/h27-28,31,36H,3-26H2,1-2H3. The molecule has 37 heavy (non-hydrogen) atoms. The first kappa shape index (κ1) is 31.7. The molecule has 0 unspecified atom stereocenters. The Hall–Kier alpha value is -1.51. The summed E-state index contributed by atoms with van der Waals surface area (Å²) in [4.78, 5) is 12.2. The maximum atomic E-state index is 12.2. The van der Waals surface area contributed by atoms with E-state index in [9.17, 15) is 9.90 Å². The van der Waals surface area contributed by atoms with Crippen molar-refractivity contribution < 1.29 is 14.6 Å². The van der Waals surface area contributed by atoms with Gasteiger partial charge in [0, 0.05) is 6.42 Å². The van der Waals surface area contributed by atoms with Gasteiger partial charge in [0.05, 0.1) is 6.61 Å². The molecule has 1 aromatic carbocycles. The fourth-order valence-corrected chi connectivity index (χ4v) is 5.91. The Morgan fingerprint density at radius 2 is 1.30 bits per heavy atom. The van der Waals surface area contributed by atoms with E-state index < -0.39 is 0 Å². The van der Waals surface area contributed by atoms with E-state index in [-0.39, 0.29) is 5.97 Å². The Bertz CT molecular complexity index is 720.